The summed E-state index contributed by atoms with van der Waals surface area (Å²) in [7, 11) is -1.65. The van der Waals surface area contributed by atoms with Gasteiger partial charge >= 0.3 is 0 Å². The number of hydrogen-bond acceptors (Lipinski definition) is 3. The van der Waals surface area contributed by atoms with E-state index >= 15 is 0 Å². The van der Waals surface area contributed by atoms with E-state index in [0.29, 0.717) is 0 Å². The number of rotatable bonds is 4. The lowest BCUT2D eigenvalue weighted by Gasteiger charge is -2.42. The Kier molecular flexibility index (Phi) is 5.26. The molecule has 0 saturated carbocycles. The third-order valence-corrected chi connectivity index (χ3v) is 9.15. The minimum absolute atomic E-state index is 0.177. The number of aromatic carboxylic acids is 1. The lowest BCUT2D eigenvalue weighted by Crippen LogP contribution is -2.34. The van der Waals surface area contributed by atoms with Crippen molar-refractivity contribution in [3.63, 3.8) is 0 Å². The van der Waals surface area contributed by atoms with Crippen LogP contribution in [0.4, 0.5) is 0 Å². The Balaban J connectivity index is 2.14. The van der Waals surface area contributed by atoms with E-state index in [1.54, 1.807) is 6.07 Å². The second-order valence-electron chi connectivity index (χ2n) is 10.3. The third-order valence-electron chi connectivity index (χ3n) is 6.09. The fraction of sp³-hybridized carbons (Fsp3) is 0.458. The summed E-state index contributed by atoms with van der Waals surface area (Å²) in [5, 5.41) is 12.5. The molecule has 0 aliphatic heterocycles. The van der Waals surface area contributed by atoms with Crippen LogP contribution < -0.4 is 5.11 Å². The van der Waals surface area contributed by atoms with Gasteiger partial charge in [0.05, 0.1) is 18.9 Å². The predicted molar refractivity (Wildman–Crippen MR) is 122 cm³/mol. The van der Waals surface area contributed by atoms with Crippen molar-refractivity contribution in [3.05, 3.63) is 56.8 Å². The number of fused-ring (bicyclic) bond motifs is 1. The van der Waals surface area contributed by atoms with Crippen LogP contribution in [0.15, 0.2) is 30.3 Å². The van der Waals surface area contributed by atoms with Gasteiger partial charge in [-0.1, -0.05) is 70.7 Å². The van der Waals surface area contributed by atoms with Crippen LogP contribution in [0.2, 0.25) is 19.6 Å². The monoisotopic (exact) mass is 411 g/mol. The number of thiophene rings is 1. The predicted octanol–water partition coefficient (Wildman–Crippen LogP) is 5.88. The Hall–Kier alpha value is -1.65. The van der Waals surface area contributed by atoms with Gasteiger partial charge in [0, 0.05) is 4.88 Å². The van der Waals surface area contributed by atoms with Crippen LogP contribution in [0.1, 0.15) is 71.8 Å². The molecule has 1 aliphatic carbocycles. The molecule has 1 heterocycles. The normalized spacial score (nSPS) is 18.6. The molecule has 1 aromatic carbocycles. The Morgan fingerprint density at radius 1 is 1.00 bits per heavy atom. The van der Waals surface area contributed by atoms with Crippen molar-refractivity contribution in [3.8, 4) is 0 Å². The van der Waals surface area contributed by atoms with E-state index in [-0.39, 0.29) is 15.7 Å². The minimum Gasteiger partial charge on any atom is -0.544 e. The molecule has 0 N–H and O–H groups in total. The first kappa shape index (κ1) is 21.1. The van der Waals surface area contributed by atoms with Gasteiger partial charge in [-0.3, -0.25) is 0 Å². The highest BCUT2D eigenvalue weighted by molar-refractivity contribution is 7.15. The highest BCUT2D eigenvalue weighted by Crippen LogP contribution is 2.47. The van der Waals surface area contributed by atoms with Gasteiger partial charge in [-0.2, -0.15) is 0 Å². The van der Waals surface area contributed by atoms with Crippen molar-refractivity contribution in [2.24, 2.45) is 0 Å². The van der Waals surface area contributed by atoms with Gasteiger partial charge in [0.1, 0.15) is 0 Å². The standard InChI is InChI=1S/C24H32O2SSi/c1-23(2)12-13-24(3,4)19-14-16(8-10-18(19)23)21(28(5,6)7)15-17-9-11-20(27-17)22(25)26/h8-11,14-15H,12-13H2,1-7H3,(H,25,26)/p-1/b21-15-. The zero-order valence-corrected chi connectivity index (χ0v) is 19.9. The van der Waals surface area contributed by atoms with E-state index in [2.05, 4.69) is 71.6 Å². The molecule has 2 aromatic rings. The van der Waals surface area contributed by atoms with Crippen LogP contribution in [0.3, 0.4) is 0 Å². The molecule has 0 radical (unpaired) electrons. The molecule has 3 rings (SSSR count). The van der Waals surface area contributed by atoms with E-state index in [0.717, 1.165) is 4.88 Å². The summed E-state index contributed by atoms with van der Waals surface area (Å²) in [4.78, 5) is 12.4. The summed E-state index contributed by atoms with van der Waals surface area (Å²) in [6, 6.07) is 10.6. The van der Waals surface area contributed by atoms with E-state index in [1.807, 2.05) is 6.07 Å². The zero-order chi connectivity index (χ0) is 20.9. The van der Waals surface area contributed by atoms with Crippen LogP contribution in [0, 0.1) is 0 Å². The molecule has 2 nitrogen and oxygen atoms in total. The van der Waals surface area contributed by atoms with Crippen LogP contribution in [-0.4, -0.2) is 14.0 Å². The first-order valence-corrected chi connectivity index (χ1v) is 14.3. The lowest BCUT2D eigenvalue weighted by molar-refractivity contribution is -0.254. The van der Waals surface area contributed by atoms with Crippen molar-refractivity contribution in [2.75, 3.05) is 0 Å². The van der Waals surface area contributed by atoms with Crippen molar-refractivity contribution >= 4 is 36.7 Å². The van der Waals surface area contributed by atoms with Crippen LogP contribution in [0.5, 0.6) is 0 Å². The van der Waals surface area contributed by atoms with Crippen molar-refractivity contribution in [1.82, 2.24) is 0 Å². The van der Waals surface area contributed by atoms with Crippen molar-refractivity contribution < 1.29 is 9.90 Å². The van der Waals surface area contributed by atoms with E-state index < -0.39 is 14.0 Å². The summed E-state index contributed by atoms with van der Waals surface area (Å²) in [5.41, 5.74) is 4.61. The molecule has 0 bridgehead atoms. The molecular formula is C24H31O2SSi-. The maximum Gasteiger partial charge on any atom is 0.0815 e. The van der Waals surface area contributed by atoms with E-state index in [9.17, 15) is 9.90 Å². The topological polar surface area (TPSA) is 40.1 Å². The van der Waals surface area contributed by atoms with Gasteiger partial charge in [-0.25, -0.2) is 0 Å². The van der Waals surface area contributed by atoms with Crippen LogP contribution in [0.25, 0.3) is 11.3 Å². The van der Waals surface area contributed by atoms with E-state index in [1.165, 1.54) is 46.1 Å². The number of carbonyl (C=O) groups excluding carboxylic acids is 1. The van der Waals surface area contributed by atoms with Crippen molar-refractivity contribution in [1.29, 1.82) is 0 Å². The van der Waals surface area contributed by atoms with Gasteiger partial charge < -0.3 is 9.90 Å². The molecule has 28 heavy (non-hydrogen) atoms. The zero-order valence-electron chi connectivity index (χ0n) is 18.1. The van der Waals surface area contributed by atoms with Crippen LogP contribution >= 0.6 is 11.3 Å². The molecular weight excluding hydrogens is 380 g/mol. The SMILES string of the molecule is CC1(C)CCC(C)(C)c2cc(/C(=C/c3ccc(C(=O)[O-])s3)[Si](C)(C)C)ccc21. The molecule has 1 aliphatic rings. The molecule has 0 atom stereocenters. The fourth-order valence-electron chi connectivity index (χ4n) is 4.17. The summed E-state index contributed by atoms with van der Waals surface area (Å²) >= 11 is 1.29. The molecule has 0 fully saturated rings. The fourth-order valence-corrected chi connectivity index (χ4v) is 6.67. The average molecular weight is 412 g/mol. The van der Waals surface area contributed by atoms with Gasteiger partial charge in [0.15, 0.2) is 0 Å². The largest absolute Gasteiger partial charge is 0.544 e. The third kappa shape index (κ3) is 4.04. The second kappa shape index (κ2) is 6.99. The Bertz CT molecular complexity index is 942. The first-order chi connectivity index (χ1) is 12.8. The number of carbonyl (C=O) groups is 1. The Morgan fingerprint density at radius 2 is 1.61 bits per heavy atom. The molecule has 0 amide bonds. The summed E-state index contributed by atoms with van der Waals surface area (Å²) < 4.78 is 0. The lowest BCUT2D eigenvalue weighted by atomic mass is 9.63. The average Bonchev–Trinajstić information content (AvgIpc) is 3.05. The van der Waals surface area contributed by atoms with Gasteiger partial charge in [-0.05, 0) is 58.6 Å². The molecule has 150 valence electrons. The maximum atomic E-state index is 11.1. The number of benzene rings is 1. The summed E-state index contributed by atoms with van der Waals surface area (Å²) in [6.07, 6.45) is 4.61. The van der Waals surface area contributed by atoms with Crippen LogP contribution in [-0.2, 0) is 10.8 Å². The molecule has 0 spiro atoms. The molecule has 0 unspecified atom stereocenters. The number of carboxylic acids is 1. The first-order valence-electron chi connectivity index (χ1n) is 10.00. The smallest absolute Gasteiger partial charge is 0.0815 e. The number of hydrogen-bond donors (Lipinski definition) is 0. The minimum atomic E-state index is -1.65. The Morgan fingerprint density at radius 3 is 2.14 bits per heavy atom. The van der Waals surface area contributed by atoms with Gasteiger partial charge in [0.25, 0.3) is 0 Å². The molecule has 0 saturated heterocycles. The maximum absolute atomic E-state index is 11.1. The highest BCUT2D eigenvalue weighted by Gasteiger charge is 2.37. The van der Waals surface area contributed by atoms with E-state index in [4.69, 9.17) is 0 Å². The Labute approximate surface area is 174 Å². The highest BCUT2D eigenvalue weighted by atomic mass is 32.1. The number of carboxylic acid groups (broad SMARTS) is 1. The second-order valence-corrected chi connectivity index (χ2v) is 16.5. The summed E-state index contributed by atoms with van der Waals surface area (Å²) in [5.74, 6) is -1.10. The van der Waals surface area contributed by atoms with Crippen molar-refractivity contribution in [2.45, 2.75) is 71.0 Å². The molecule has 1 aromatic heterocycles. The quantitative estimate of drug-likeness (QED) is 0.590. The van der Waals surface area contributed by atoms with Gasteiger partial charge in [-0.15, -0.1) is 11.3 Å². The molecule has 4 heteroatoms. The summed E-state index contributed by atoms with van der Waals surface area (Å²) in [6.45, 7) is 16.5. The van der Waals surface area contributed by atoms with Gasteiger partial charge in [0.2, 0.25) is 0 Å².